The van der Waals surface area contributed by atoms with Gasteiger partial charge in [-0.1, -0.05) is 90.4 Å². The third-order valence-corrected chi connectivity index (χ3v) is 13.9. The van der Waals surface area contributed by atoms with Crippen molar-refractivity contribution in [2.75, 3.05) is 39.5 Å². The Hall–Kier alpha value is -5.94. The first-order valence-electron chi connectivity index (χ1n) is 29.0. The van der Waals surface area contributed by atoms with Crippen molar-refractivity contribution in [1.82, 2.24) is 25.9 Å². The van der Waals surface area contributed by atoms with Crippen LogP contribution in [-0.4, -0.2) is 147 Å². The number of aromatic nitrogens is 2. The largest absolute Gasteiger partial charge is 0.481 e. The van der Waals surface area contributed by atoms with Gasteiger partial charge in [-0.3, -0.25) is 47.9 Å². The van der Waals surface area contributed by atoms with Crippen molar-refractivity contribution in [3.8, 4) is 0 Å². The smallest absolute Gasteiger partial charge is 0.326 e. The van der Waals surface area contributed by atoms with Crippen LogP contribution in [0.1, 0.15) is 205 Å². The van der Waals surface area contributed by atoms with E-state index in [1.54, 1.807) is 13.1 Å². The number of rotatable bonds is 55. The van der Waals surface area contributed by atoms with Crippen molar-refractivity contribution < 1.29 is 82.6 Å². The zero-order valence-electron chi connectivity index (χ0n) is 47.3. The summed E-state index contributed by atoms with van der Waals surface area (Å²) in [6.07, 6.45) is 19.6. The summed E-state index contributed by atoms with van der Waals surface area (Å²) >= 11 is 0. The van der Waals surface area contributed by atoms with Crippen molar-refractivity contribution in [1.29, 1.82) is 0 Å². The predicted octanol–water partition coefficient (Wildman–Crippen LogP) is 6.22. The van der Waals surface area contributed by atoms with Gasteiger partial charge in [-0.2, -0.15) is 0 Å². The molecule has 0 unspecified atom stereocenters. The molecule has 0 saturated carbocycles. The Labute approximate surface area is 471 Å². The molecule has 3 amide bonds. The zero-order valence-corrected chi connectivity index (χ0v) is 47.3. The molecular formula is C57H94N6O17. The lowest BCUT2D eigenvalue weighted by atomic mass is 9.89. The van der Waals surface area contributed by atoms with Crippen LogP contribution in [0.3, 0.4) is 0 Å². The van der Waals surface area contributed by atoms with E-state index in [1.807, 2.05) is 0 Å². The molecule has 0 saturated heterocycles. The van der Waals surface area contributed by atoms with Crippen molar-refractivity contribution >= 4 is 64.7 Å². The van der Waals surface area contributed by atoms with Crippen molar-refractivity contribution in [3.05, 3.63) is 18.2 Å². The fourth-order valence-corrected chi connectivity index (χ4v) is 9.06. The fourth-order valence-electron chi connectivity index (χ4n) is 9.06. The maximum absolute atomic E-state index is 12.6. The summed E-state index contributed by atoms with van der Waals surface area (Å²) in [6.45, 7) is 1.82. The number of ketones is 4. The van der Waals surface area contributed by atoms with Gasteiger partial charge in [-0.15, -0.1) is 0 Å². The minimum atomic E-state index is -1.43. The number of carbonyl (C=O) groups is 11. The summed E-state index contributed by atoms with van der Waals surface area (Å²) in [7, 11) is 0. The number of nitrogens with two attached hydrogens (primary N) is 1. The number of H-pyrrole nitrogens is 1. The number of hydrogen-bond donors (Lipinski definition) is 9. The van der Waals surface area contributed by atoms with Crippen LogP contribution in [0.5, 0.6) is 0 Å². The number of amides is 3. The van der Waals surface area contributed by atoms with Crippen LogP contribution in [0.2, 0.25) is 0 Å². The Bertz CT molecular complexity index is 2000. The fraction of sp³-hybridized carbons (Fsp3) is 0.754. The molecule has 1 heterocycles. The zero-order chi connectivity index (χ0) is 59.3. The maximum atomic E-state index is 12.6. The maximum Gasteiger partial charge on any atom is 0.326 e. The second kappa shape index (κ2) is 45.8. The molecule has 1 rings (SSSR count). The van der Waals surface area contributed by atoms with E-state index in [0.717, 1.165) is 57.1 Å². The van der Waals surface area contributed by atoms with Gasteiger partial charge in [-0.05, 0) is 51.4 Å². The van der Waals surface area contributed by atoms with Crippen molar-refractivity contribution in [2.45, 2.75) is 218 Å². The number of carboxylic acid groups (broad SMARTS) is 4. The van der Waals surface area contributed by atoms with Gasteiger partial charge in [0.1, 0.15) is 30.0 Å². The number of nitrogens with one attached hydrogen (secondary N) is 4. The third-order valence-electron chi connectivity index (χ3n) is 13.9. The molecular weight excluding hydrogens is 1040 g/mol. The molecule has 1 aromatic rings. The van der Waals surface area contributed by atoms with Crippen molar-refractivity contribution in [3.63, 3.8) is 0 Å². The van der Waals surface area contributed by atoms with E-state index in [1.165, 1.54) is 38.4 Å². The molecule has 23 nitrogen and oxygen atoms in total. The van der Waals surface area contributed by atoms with Crippen LogP contribution in [0, 0.1) is 17.8 Å². The van der Waals surface area contributed by atoms with Gasteiger partial charge in [0.15, 0.2) is 5.78 Å². The monoisotopic (exact) mass is 1130 g/mol. The van der Waals surface area contributed by atoms with Crippen LogP contribution in [-0.2, 0) is 68.6 Å². The molecule has 0 aromatic carbocycles. The number of nitrogens with zero attached hydrogens (tertiary/aromatic N) is 1. The molecule has 0 aliphatic rings. The number of Topliss-reactive ketones (excluding diaryl/α,β-unsaturated/α-hetero) is 4. The van der Waals surface area contributed by atoms with Gasteiger partial charge >= 0.3 is 23.9 Å². The highest BCUT2D eigenvalue weighted by molar-refractivity contribution is 5.88. The highest BCUT2D eigenvalue weighted by Gasteiger charge is 2.26. The molecule has 0 bridgehead atoms. The van der Waals surface area contributed by atoms with Crippen LogP contribution in [0.25, 0.3) is 0 Å². The van der Waals surface area contributed by atoms with Crippen LogP contribution < -0.4 is 21.7 Å². The summed E-state index contributed by atoms with van der Waals surface area (Å²) in [5, 5.41) is 45.3. The van der Waals surface area contributed by atoms with Gasteiger partial charge in [0.2, 0.25) is 17.7 Å². The molecule has 0 aliphatic heterocycles. The number of carbonyl (C=O) groups excluding carboxylic acids is 7. The topological polar surface area (TPSA) is 378 Å². The SMILES string of the molecule is CCC(=O)[C@H](CCCCNC(=O)CC[C@H](NC(=O)CC[C@H](CC(=O)COCCOCCNC(=O)CC[C@H](CC(=O)CCCCCCCCCCCCCCCCC(=O)O)C(=O)O)C(=O)O)C(=O)O)CCC(=O)[C@@H](N)Cc1cnc[nH]1. The lowest BCUT2D eigenvalue weighted by Crippen LogP contribution is -2.42. The second-order valence-corrected chi connectivity index (χ2v) is 20.7. The van der Waals surface area contributed by atoms with Crippen LogP contribution in [0.4, 0.5) is 0 Å². The number of ether oxygens (including phenoxy) is 2. The summed E-state index contributed by atoms with van der Waals surface area (Å²) in [5.74, 6) is -9.51. The first-order valence-corrected chi connectivity index (χ1v) is 29.0. The normalized spacial score (nSPS) is 13.1. The molecule has 0 aliphatic carbocycles. The number of aliphatic carboxylic acids is 4. The number of aromatic amines is 1. The number of unbranched alkanes of at least 4 members (excludes halogenated alkanes) is 14. The van der Waals surface area contributed by atoms with E-state index in [2.05, 4.69) is 25.9 Å². The van der Waals surface area contributed by atoms with Gasteiger partial charge in [0, 0.05) is 95.1 Å². The minimum Gasteiger partial charge on any atom is -0.481 e. The Morgan fingerprint density at radius 2 is 1.04 bits per heavy atom. The molecule has 0 radical (unpaired) electrons. The molecule has 0 fully saturated rings. The Morgan fingerprint density at radius 1 is 0.525 bits per heavy atom. The molecule has 23 heteroatoms. The predicted molar refractivity (Wildman–Crippen MR) is 295 cm³/mol. The van der Waals surface area contributed by atoms with Gasteiger partial charge in [-0.25, -0.2) is 9.78 Å². The van der Waals surface area contributed by atoms with E-state index in [9.17, 15) is 68.1 Å². The molecule has 80 heavy (non-hydrogen) atoms. The third kappa shape index (κ3) is 38.6. The van der Waals surface area contributed by atoms with E-state index in [4.69, 9.17) is 20.3 Å². The Balaban J connectivity index is 2.20. The first-order chi connectivity index (χ1) is 38.3. The summed E-state index contributed by atoms with van der Waals surface area (Å²) < 4.78 is 10.7. The first kappa shape index (κ1) is 72.1. The lowest BCUT2D eigenvalue weighted by Gasteiger charge is -2.17. The summed E-state index contributed by atoms with van der Waals surface area (Å²) in [4.78, 5) is 141. The Kier molecular flexibility index (Phi) is 41.2. The average molecular weight is 1140 g/mol. The second-order valence-electron chi connectivity index (χ2n) is 20.7. The quantitative estimate of drug-likeness (QED) is 0.0327. The van der Waals surface area contributed by atoms with E-state index < -0.39 is 90.8 Å². The van der Waals surface area contributed by atoms with Crippen LogP contribution in [0.15, 0.2) is 12.5 Å². The number of carboxylic acids is 4. The standard InChI is InChI=1S/C57H94N6O17/c1-2-49(66)41(22-26-50(67)47(58)37-44-38-59-40-62-44)19-17-18-30-60-52(69)29-25-48(57(77)78)63-53(70)28-24-43(56(75)76)36-46(65)39-80-34-33-79-32-31-61-51(68)27-23-42(55(73)74)35-45(64)20-15-13-11-9-7-5-3-4-6-8-10-12-14-16-21-54(71)72/h38,40-43,47-48H,2-37,39,58H2,1H3,(H,59,62)(H,60,69)(H,61,68)(H,63,70)(H,71,72)(H,73,74)(H,75,76)(H,77,78)/t41-,42-,43-,47+,48+/m1/s1. The molecule has 10 N–H and O–H groups in total. The molecule has 1 aromatic heterocycles. The van der Waals surface area contributed by atoms with Crippen LogP contribution >= 0.6 is 0 Å². The highest BCUT2D eigenvalue weighted by atomic mass is 16.5. The van der Waals surface area contributed by atoms with E-state index in [-0.39, 0.29) is 108 Å². The number of imidazole rings is 1. The molecule has 5 atom stereocenters. The Morgan fingerprint density at radius 3 is 1.57 bits per heavy atom. The van der Waals surface area contributed by atoms with Gasteiger partial charge < -0.3 is 56.6 Å². The lowest BCUT2D eigenvalue weighted by molar-refractivity contribution is -0.145. The minimum absolute atomic E-state index is 0.0153. The molecule has 454 valence electrons. The summed E-state index contributed by atoms with van der Waals surface area (Å²) in [5.41, 5.74) is 6.79. The number of hydrogen-bond acceptors (Lipinski definition) is 15. The van der Waals surface area contributed by atoms with E-state index >= 15 is 0 Å². The highest BCUT2D eigenvalue weighted by Crippen LogP contribution is 2.20. The summed E-state index contributed by atoms with van der Waals surface area (Å²) in [6, 6.07) is -2.14. The van der Waals surface area contributed by atoms with E-state index in [0.29, 0.717) is 51.4 Å². The molecule has 0 spiro atoms. The van der Waals surface area contributed by atoms with Crippen molar-refractivity contribution in [2.24, 2.45) is 23.5 Å². The average Bonchev–Trinajstić information content (AvgIpc) is 3.93. The van der Waals surface area contributed by atoms with Gasteiger partial charge in [0.25, 0.3) is 0 Å². The van der Waals surface area contributed by atoms with Gasteiger partial charge in [0.05, 0.1) is 44.0 Å².